The van der Waals surface area contributed by atoms with Crippen LogP contribution in [0.3, 0.4) is 0 Å². The second-order valence-electron chi connectivity index (χ2n) is 3.20. The molecule has 0 fully saturated rings. The van der Waals surface area contributed by atoms with Crippen molar-refractivity contribution >= 4 is 0 Å². The van der Waals surface area contributed by atoms with Gasteiger partial charge < -0.3 is 14.8 Å². The van der Waals surface area contributed by atoms with Gasteiger partial charge in [0.2, 0.25) is 0 Å². The second-order valence-corrected chi connectivity index (χ2v) is 3.20. The van der Waals surface area contributed by atoms with Crippen molar-refractivity contribution in [2.75, 3.05) is 33.4 Å². The summed E-state index contributed by atoms with van der Waals surface area (Å²) in [5.74, 6) is 0. The molecule has 0 aliphatic rings. The van der Waals surface area contributed by atoms with E-state index >= 15 is 0 Å². The summed E-state index contributed by atoms with van der Waals surface area (Å²) in [5.41, 5.74) is 0. The van der Waals surface area contributed by atoms with Crippen molar-refractivity contribution in [3.8, 4) is 0 Å². The maximum absolute atomic E-state index is 5.51. The molecule has 0 heterocycles. The first-order valence-electron chi connectivity index (χ1n) is 5.12. The van der Waals surface area contributed by atoms with Crippen molar-refractivity contribution in [1.29, 1.82) is 0 Å². The lowest BCUT2D eigenvalue weighted by atomic mass is 10.3. The smallest absolute Gasteiger partial charge is 0.0780 e. The Kier molecular flexibility index (Phi) is 9.87. The van der Waals surface area contributed by atoms with Crippen molar-refractivity contribution in [3.05, 3.63) is 0 Å². The third kappa shape index (κ3) is 9.80. The molecule has 0 aliphatic heterocycles. The molecule has 1 atom stereocenters. The number of unbranched alkanes of at least 4 members (excludes halogenated alkanes) is 1. The lowest BCUT2D eigenvalue weighted by Gasteiger charge is -2.11. The number of rotatable bonds is 9. The first-order chi connectivity index (χ1) is 6.31. The highest BCUT2D eigenvalue weighted by Gasteiger charge is 1.99. The molecule has 13 heavy (non-hydrogen) atoms. The highest BCUT2D eigenvalue weighted by Crippen LogP contribution is 1.95. The molecule has 0 saturated heterocycles. The van der Waals surface area contributed by atoms with Crippen molar-refractivity contribution in [3.63, 3.8) is 0 Å². The number of hydrogen-bond acceptors (Lipinski definition) is 3. The van der Waals surface area contributed by atoms with Crippen LogP contribution in [-0.4, -0.2) is 39.5 Å². The number of ether oxygens (including phenoxy) is 2. The molecular formula is C10H23NO2. The van der Waals surface area contributed by atoms with Gasteiger partial charge in [-0.05, 0) is 32.9 Å². The van der Waals surface area contributed by atoms with Gasteiger partial charge in [-0.3, -0.25) is 0 Å². The molecule has 0 aromatic heterocycles. The number of methoxy groups -OCH3 is 1. The van der Waals surface area contributed by atoms with E-state index in [1.807, 2.05) is 6.92 Å². The van der Waals surface area contributed by atoms with E-state index in [1.165, 1.54) is 6.42 Å². The maximum atomic E-state index is 5.51. The molecule has 0 aromatic rings. The third-order valence-electron chi connectivity index (χ3n) is 1.80. The van der Waals surface area contributed by atoms with E-state index in [0.717, 1.165) is 26.1 Å². The molecule has 0 bridgehead atoms. The van der Waals surface area contributed by atoms with Gasteiger partial charge in [0, 0.05) is 13.7 Å². The molecular weight excluding hydrogens is 166 g/mol. The normalized spacial score (nSPS) is 13.2. The Bertz CT molecular complexity index is 98.9. The molecule has 0 rings (SSSR count). The number of hydrogen-bond donors (Lipinski definition) is 1. The highest BCUT2D eigenvalue weighted by atomic mass is 16.5. The van der Waals surface area contributed by atoms with Crippen molar-refractivity contribution in [2.24, 2.45) is 0 Å². The summed E-state index contributed by atoms with van der Waals surface area (Å²) in [6.07, 6.45) is 2.54. The van der Waals surface area contributed by atoms with Crippen LogP contribution in [0.25, 0.3) is 0 Å². The Morgan fingerprint density at radius 1 is 1.31 bits per heavy atom. The van der Waals surface area contributed by atoms with E-state index in [4.69, 9.17) is 9.47 Å². The second kappa shape index (κ2) is 9.96. The summed E-state index contributed by atoms with van der Waals surface area (Å²) < 4.78 is 10.5. The standard InChI is InChI=1S/C10H23NO2/c1-4-11-7-5-6-8-13-10(2)9-12-3/h10-11H,4-9H2,1-3H3. The van der Waals surface area contributed by atoms with Gasteiger partial charge in [-0.1, -0.05) is 6.92 Å². The zero-order valence-corrected chi connectivity index (χ0v) is 9.14. The van der Waals surface area contributed by atoms with Gasteiger partial charge in [-0.25, -0.2) is 0 Å². The quantitative estimate of drug-likeness (QED) is 0.557. The van der Waals surface area contributed by atoms with Gasteiger partial charge in [-0.15, -0.1) is 0 Å². The van der Waals surface area contributed by atoms with Gasteiger partial charge in [0.15, 0.2) is 0 Å². The van der Waals surface area contributed by atoms with Crippen LogP contribution in [0.2, 0.25) is 0 Å². The average Bonchev–Trinajstić information content (AvgIpc) is 2.11. The minimum Gasteiger partial charge on any atom is -0.382 e. The van der Waals surface area contributed by atoms with Crippen LogP contribution >= 0.6 is 0 Å². The molecule has 0 amide bonds. The van der Waals surface area contributed by atoms with E-state index in [1.54, 1.807) is 7.11 Å². The van der Waals surface area contributed by atoms with Crippen molar-refractivity contribution < 1.29 is 9.47 Å². The van der Waals surface area contributed by atoms with Gasteiger partial charge in [-0.2, -0.15) is 0 Å². The monoisotopic (exact) mass is 189 g/mol. The first kappa shape index (κ1) is 12.9. The van der Waals surface area contributed by atoms with Crippen LogP contribution < -0.4 is 5.32 Å². The van der Waals surface area contributed by atoms with Gasteiger partial charge in [0.25, 0.3) is 0 Å². The van der Waals surface area contributed by atoms with E-state index in [9.17, 15) is 0 Å². The number of nitrogens with one attached hydrogen (secondary N) is 1. The fraction of sp³-hybridized carbons (Fsp3) is 1.00. The molecule has 0 aromatic carbocycles. The molecule has 80 valence electrons. The summed E-state index contributed by atoms with van der Waals surface area (Å²) >= 11 is 0. The minimum absolute atomic E-state index is 0.226. The Morgan fingerprint density at radius 3 is 2.69 bits per heavy atom. The molecule has 0 radical (unpaired) electrons. The molecule has 0 saturated carbocycles. The molecule has 1 N–H and O–H groups in total. The molecule has 3 nitrogen and oxygen atoms in total. The van der Waals surface area contributed by atoms with E-state index in [-0.39, 0.29) is 6.10 Å². The van der Waals surface area contributed by atoms with Crippen LogP contribution in [0, 0.1) is 0 Å². The largest absolute Gasteiger partial charge is 0.382 e. The van der Waals surface area contributed by atoms with E-state index < -0.39 is 0 Å². The van der Waals surface area contributed by atoms with Gasteiger partial charge in [0.1, 0.15) is 0 Å². The summed E-state index contributed by atoms with van der Waals surface area (Å²) in [6.45, 7) is 7.84. The van der Waals surface area contributed by atoms with Gasteiger partial charge in [0.05, 0.1) is 12.7 Å². The summed E-state index contributed by atoms with van der Waals surface area (Å²) in [5, 5.41) is 3.28. The predicted octanol–water partition coefficient (Wildman–Crippen LogP) is 1.43. The van der Waals surface area contributed by atoms with E-state index in [2.05, 4.69) is 12.2 Å². The van der Waals surface area contributed by atoms with Crippen LogP contribution in [0.5, 0.6) is 0 Å². The lowest BCUT2D eigenvalue weighted by molar-refractivity contribution is 0.00783. The predicted molar refractivity (Wildman–Crippen MR) is 55.1 cm³/mol. The summed E-state index contributed by atoms with van der Waals surface area (Å²) in [4.78, 5) is 0. The zero-order chi connectivity index (χ0) is 9.94. The highest BCUT2D eigenvalue weighted by molar-refractivity contribution is 4.48. The van der Waals surface area contributed by atoms with Crippen LogP contribution in [0.1, 0.15) is 26.7 Å². The molecule has 0 spiro atoms. The van der Waals surface area contributed by atoms with E-state index in [0.29, 0.717) is 6.61 Å². The SMILES string of the molecule is CCNCCCCOC(C)COC. The Labute approximate surface area is 81.8 Å². The third-order valence-corrected chi connectivity index (χ3v) is 1.80. The van der Waals surface area contributed by atoms with Crippen LogP contribution in [0.15, 0.2) is 0 Å². The zero-order valence-electron chi connectivity index (χ0n) is 9.14. The van der Waals surface area contributed by atoms with Crippen LogP contribution in [-0.2, 0) is 9.47 Å². The average molecular weight is 189 g/mol. The Balaban J connectivity index is 2.97. The van der Waals surface area contributed by atoms with Crippen molar-refractivity contribution in [2.45, 2.75) is 32.8 Å². The van der Waals surface area contributed by atoms with Crippen LogP contribution in [0.4, 0.5) is 0 Å². The maximum Gasteiger partial charge on any atom is 0.0780 e. The molecule has 0 aliphatic carbocycles. The fourth-order valence-electron chi connectivity index (χ4n) is 1.10. The van der Waals surface area contributed by atoms with Crippen molar-refractivity contribution in [1.82, 2.24) is 5.32 Å². The first-order valence-corrected chi connectivity index (χ1v) is 5.12. The molecule has 3 heteroatoms. The molecule has 1 unspecified atom stereocenters. The van der Waals surface area contributed by atoms with Gasteiger partial charge >= 0.3 is 0 Å². The Morgan fingerprint density at radius 2 is 2.08 bits per heavy atom. The minimum atomic E-state index is 0.226. The summed E-state index contributed by atoms with van der Waals surface area (Å²) in [7, 11) is 1.70. The summed E-state index contributed by atoms with van der Waals surface area (Å²) in [6, 6.07) is 0. The Hall–Kier alpha value is -0.120. The fourth-order valence-corrected chi connectivity index (χ4v) is 1.10. The lowest BCUT2D eigenvalue weighted by Crippen LogP contribution is -2.17. The topological polar surface area (TPSA) is 30.5 Å².